The Balaban J connectivity index is 1.88. The molecule has 0 bridgehead atoms. The number of hydrogen-bond acceptors (Lipinski definition) is 3. The Bertz CT molecular complexity index is 953. The van der Waals surface area contributed by atoms with Crippen LogP contribution < -0.4 is 5.32 Å². The molecule has 8 heteroatoms. The van der Waals surface area contributed by atoms with Gasteiger partial charge in [0, 0.05) is 24.8 Å². The van der Waals surface area contributed by atoms with Crippen LogP contribution in [0.1, 0.15) is 18.4 Å². The predicted octanol–water partition coefficient (Wildman–Crippen LogP) is 3.91. The van der Waals surface area contributed by atoms with Crippen LogP contribution in [0.25, 0.3) is 0 Å². The molecule has 0 saturated heterocycles. The maximum Gasteiger partial charge on any atom is 0.244 e. The maximum absolute atomic E-state index is 12.8. The quantitative estimate of drug-likeness (QED) is 0.808. The van der Waals surface area contributed by atoms with Crippen molar-refractivity contribution in [3.63, 3.8) is 0 Å². The molecule has 2 aromatic rings. The molecule has 26 heavy (non-hydrogen) atoms. The zero-order chi connectivity index (χ0) is 19.1. The van der Waals surface area contributed by atoms with Crippen LogP contribution in [0.15, 0.2) is 47.4 Å². The molecule has 0 aliphatic heterocycles. The minimum Gasteiger partial charge on any atom is -0.325 e. The molecule has 0 aromatic heterocycles. The number of rotatable bonds is 5. The molecular weight excluding hydrogens is 395 g/mol. The second kappa shape index (κ2) is 6.85. The van der Waals surface area contributed by atoms with Gasteiger partial charge in [-0.1, -0.05) is 35.3 Å². The van der Waals surface area contributed by atoms with Gasteiger partial charge in [0.1, 0.15) is 4.90 Å². The van der Waals surface area contributed by atoms with Crippen molar-refractivity contribution in [2.24, 2.45) is 0 Å². The molecule has 1 N–H and O–H groups in total. The molecule has 1 aliphatic carbocycles. The number of carbonyl (C=O) groups is 1. The topological polar surface area (TPSA) is 66.5 Å². The Morgan fingerprint density at radius 1 is 1.08 bits per heavy atom. The number of amides is 1. The molecule has 0 spiro atoms. The van der Waals surface area contributed by atoms with Crippen LogP contribution in [0, 0.1) is 0 Å². The van der Waals surface area contributed by atoms with Crippen LogP contribution in [0.5, 0.6) is 0 Å². The number of carbonyl (C=O) groups excluding carboxylic acids is 1. The second-order valence-corrected chi connectivity index (χ2v) is 9.44. The summed E-state index contributed by atoms with van der Waals surface area (Å²) in [6.45, 7) is 0. The number of benzene rings is 2. The molecule has 1 aliphatic rings. The van der Waals surface area contributed by atoms with Crippen molar-refractivity contribution in [3.05, 3.63) is 58.1 Å². The lowest BCUT2D eigenvalue weighted by Crippen LogP contribution is -2.28. The third-order valence-corrected chi connectivity index (χ3v) is 7.08. The van der Waals surface area contributed by atoms with Crippen LogP contribution in [0.2, 0.25) is 10.0 Å². The van der Waals surface area contributed by atoms with E-state index in [0.29, 0.717) is 10.7 Å². The lowest BCUT2D eigenvalue weighted by atomic mass is 9.95. The van der Waals surface area contributed by atoms with Gasteiger partial charge in [-0.25, -0.2) is 12.7 Å². The van der Waals surface area contributed by atoms with Gasteiger partial charge >= 0.3 is 0 Å². The van der Waals surface area contributed by atoms with Crippen molar-refractivity contribution in [2.45, 2.75) is 23.2 Å². The molecule has 0 heterocycles. The van der Waals surface area contributed by atoms with E-state index in [1.807, 2.05) is 12.1 Å². The third kappa shape index (κ3) is 3.47. The van der Waals surface area contributed by atoms with Crippen molar-refractivity contribution < 1.29 is 13.2 Å². The molecule has 1 amide bonds. The summed E-state index contributed by atoms with van der Waals surface area (Å²) in [6, 6.07) is 11.6. The van der Waals surface area contributed by atoms with E-state index in [2.05, 4.69) is 5.32 Å². The average molecular weight is 413 g/mol. The Kier molecular flexibility index (Phi) is 5.05. The number of nitrogens with one attached hydrogen (secondary N) is 1. The summed E-state index contributed by atoms with van der Waals surface area (Å²) in [4.78, 5) is 12.8. The van der Waals surface area contributed by atoms with Gasteiger partial charge in [-0.2, -0.15) is 0 Å². The van der Waals surface area contributed by atoms with E-state index >= 15 is 0 Å². The zero-order valence-electron chi connectivity index (χ0n) is 14.3. The first-order valence-corrected chi connectivity index (χ1v) is 10.2. The molecule has 5 nitrogen and oxygen atoms in total. The average Bonchev–Trinajstić information content (AvgIpc) is 3.39. The first kappa shape index (κ1) is 19.2. The smallest absolute Gasteiger partial charge is 0.244 e. The summed E-state index contributed by atoms with van der Waals surface area (Å²) in [5.74, 6) is -0.171. The first-order valence-electron chi connectivity index (χ1n) is 7.96. The fraction of sp³-hybridized carbons (Fsp3) is 0.278. The maximum atomic E-state index is 12.8. The summed E-state index contributed by atoms with van der Waals surface area (Å²) < 4.78 is 25.8. The van der Waals surface area contributed by atoms with E-state index in [1.54, 1.807) is 18.2 Å². The van der Waals surface area contributed by atoms with E-state index < -0.39 is 15.4 Å². The molecular formula is C18H18Cl2N2O3S. The molecule has 0 radical (unpaired) electrons. The molecule has 1 saturated carbocycles. The van der Waals surface area contributed by atoms with Crippen molar-refractivity contribution >= 4 is 44.8 Å². The predicted molar refractivity (Wildman–Crippen MR) is 103 cm³/mol. The van der Waals surface area contributed by atoms with Gasteiger partial charge in [0.25, 0.3) is 0 Å². The van der Waals surface area contributed by atoms with Crippen LogP contribution in [0.4, 0.5) is 5.69 Å². The van der Waals surface area contributed by atoms with Crippen LogP contribution in [-0.4, -0.2) is 32.7 Å². The standard InChI is InChI=1S/C18H18Cl2N2O3S/c1-22(2)26(24,25)16-11-14(7-8-15(16)20)21-17(23)18(9-10-18)12-3-5-13(19)6-4-12/h3-8,11H,9-10H2,1-2H3,(H,21,23). The molecule has 0 unspecified atom stereocenters. The fourth-order valence-corrected chi connectivity index (χ4v) is 4.29. The van der Waals surface area contributed by atoms with Gasteiger partial charge in [0.2, 0.25) is 15.9 Å². The highest BCUT2D eigenvalue weighted by Crippen LogP contribution is 2.49. The summed E-state index contributed by atoms with van der Waals surface area (Å²) >= 11 is 12.0. The summed E-state index contributed by atoms with van der Waals surface area (Å²) in [6.07, 6.45) is 1.47. The molecule has 3 rings (SSSR count). The third-order valence-electron chi connectivity index (χ3n) is 4.53. The van der Waals surface area contributed by atoms with E-state index in [-0.39, 0.29) is 15.8 Å². The Morgan fingerprint density at radius 3 is 2.23 bits per heavy atom. The lowest BCUT2D eigenvalue weighted by Gasteiger charge is -2.17. The highest BCUT2D eigenvalue weighted by atomic mass is 35.5. The highest BCUT2D eigenvalue weighted by Gasteiger charge is 2.51. The van der Waals surface area contributed by atoms with Crippen LogP contribution in [0.3, 0.4) is 0 Å². The molecule has 0 atom stereocenters. The minimum absolute atomic E-state index is 0.0432. The SMILES string of the molecule is CN(C)S(=O)(=O)c1cc(NC(=O)C2(c3ccc(Cl)cc3)CC2)ccc1Cl. The van der Waals surface area contributed by atoms with Crippen molar-refractivity contribution in [1.82, 2.24) is 4.31 Å². The number of anilines is 1. The van der Waals surface area contributed by atoms with Crippen molar-refractivity contribution in [3.8, 4) is 0 Å². The van der Waals surface area contributed by atoms with Crippen LogP contribution in [-0.2, 0) is 20.2 Å². The lowest BCUT2D eigenvalue weighted by molar-refractivity contribution is -0.118. The van der Waals surface area contributed by atoms with E-state index in [1.165, 1.54) is 26.2 Å². The van der Waals surface area contributed by atoms with E-state index in [4.69, 9.17) is 23.2 Å². The summed E-state index contributed by atoms with van der Waals surface area (Å²) in [5, 5.41) is 3.54. The van der Waals surface area contributed by atoms with Crippen molar-refractivity contribution in [1.29, 1.82) is 0 Å². The summed E-state index contributed by atoms with van der Waals surface area (Å²) in [5.41, 5.74) is 0.694. The normalized spacial score (nSPS) is 15.7. The molecule has 2 aromatic carbocycles. The van der Waals surface area contributed by atoms with E-state index in [0.717, 1.165) is 22.7 Å². The van der Waals surface area contributed by atoms with Gasteiger partial charge in [-0.05, 0) is 48.7 Å². The Labute approximate surface area is 163 Å². The molecule has 138 valence electrons. The fourth-order valence-electron chi connectivity index (χ4n) is 2.77. The Morgan fingerprint density at radius 2 is 1.69 bits per heavy atom. The van der Waals surface area contributed by atoms with Crippen LogP contribution >= 0.6 is 23.2 Å². The Hall–Kier alpha value is -1.60. The number of hydrogen-bond donors (Lipinski definition) is 1. The van der Waals surface area contributed by atoms with Crippen molar-refractivity contribution in [2.75, 3.05) is 19.4 Å². The number of nitrogens with zero attached hydrogens (tertiary/aromatic N) is 1. The van der Waals surface area contributed by atoms with E-state index in [9.17, 15) is 13.2 Å². The van der Waals surface area contributed by atoms with Gasteiger partial charge in [-0.15, -0.1) is 0 Å². The highest BCUT2D eigenvalue weighted by molar-refractivity contribution is 7.89. The van der Waals surface area contributed by atoms with Gasteiger partial charge in [0.05, 0.1) is 10.4 Å². The summed E-state index contributed by atoms with van der Waals surface area (Å²) in [7, 11) is -0.853. The minimum atomic E-state index is -3.71. The number of halogens is 2. The van der Waals surface area contributed by atoms with Gasteiger partial charge < -0.3 is 5.32 Å². The number of sulfonamides is 1. The first-order chi connectivity index (χ1) is 12.2. The van der Waals surface area contributed by atoms with Gasteiger partial charge in [-0.3, -0.25) is 4.79 Å². The monoisotopic (exact) mass is 412 g/mol. The van der Waals surface area contributed by atoms with Gasteiger partial charge in [0.15, 0.2) is 0 Å². The zero-order valence-corrected chi connectivity index (χ0v) is 16.6. The largest absolute Gasteiger partial charge is 0.325 e. The molecule has 1 fully saturated rings. The second-order valence-electron chi connectivity index (χ2n) is 6.48.